The van der Waals surface area contributed by atoms with E-state index in [1.807, 2.05) is 19.9 Å². The van der Waals surface area contributed by atoms with Gasteiger partial charge in [-0.05, 0) is 38.5 Å². The van der Waals surface area contributed by atoms with Crippen molar-refractivity contribution in [1.82, 2.24) is 24.4 Å². The Kier molecular flexibility index (Phi) is 5.60. The average molecular weight is 439 g/mol. The van der Waals surface area contributed by atoms with E-state index in [-0.39, 0.29) is 17.5 Å². The van der Waals surface area contributed by atoms with Gasteiger partial charge in [-0.1, -0.05) is 0 Å². The maximum Gasteiger partial charge on any atom is 0.332 e. The van der Waals surface area contributed by atoms with E-state index in [4.69, 9.17) is 9.15 Å². The molecule has 0 aliphatic carbocycles. The number of amides is 1. The van der Waals surface area contributed by atoms with E-state index < -0.39 is 11.2 Å². The highest BCUT2D eigenvalue weighted by Gasteiger charge is 2.15. The molecule has 1 amide bonds. The van der Waals surface area contributed by atoms with Crippen LogP contribution in [0.25, 0.3) is 22.1 Å². The van der Waals surface area contributed by atoms with Gasteiger partial charge in [-0.25, -0.2) is 9.78 Å². The zero-order chi connectivity index (χ0) is 23.0. The molecule has 0 aliphatic rings. The Balaban J connectivity index is 1.43. The standard InChI is InChI=1S/C22H25N5O5/c1-12(2)32-16-11-13(10-15-14(16)7-9-31-15)20(28)23-8-5-6-17-24-18-19(25-17)26(3)22(30)27(4)21(18)29/h7,9-12H,5-6,8H2,1-4H3,(H,23,28)(H,24,25). The van der Waals surface area contributed by atoms with Crippen LogP contribution in [0.1, 0.15) is 36.5 Å². The van der Waals surface area contributed by atoms with Crippen LogP contribution >= 0.6 is 0 Å². The lowest BCUT2D eigenvalue weighted by molar-refractivity contribution is 0.0952. The molecule has 0 saturated heterocycles. The minimum atomic E-state index is -0.429. The van der Waals surface area contributed by atoms with Crippen molar-refractivity contribution in [2.24, 2.45) is 14.1 Å². The van der Waals surface area contributed by atoms with Crippen molar-refractivity contribution in [3.8, 4) is 5.75 Å². The fourth-order valence-corrected chi connectivity index (χ4v) is 3.57. The minimum Gasteiger partial charge on any atom is -0.490 e. The lowest BCUT2D eigenvalue weighted by Crippen LogP contribution is -2.36. The summed E-state index contributed by atoms with van der Waals surface area (Å²) in [6.07, 6.45) is 2.63. The molecule has 1 aromatic carbocycles. The van der Waals surface area contributed by atoms with Gasteiger partial charge in [0.25, 0.3) is 11.5 Å². The van der Waals surface area contributed by atoms with Gasteiger partial charge in [-0.15, -0.1) is 0 Å². The van der Waals surface area contributed by atoms with E-state index in [0.717, 1.165) is 9.95 Å². The first-order chi connectivity index (χ1) is 15.3. The van der Waals surface area contributed by atoms with Gasteiger partial charge in [0.1, 0.15) is 22.7 Å². The number of H-pyrrole nitrogens is 1. The molecule has 2 N–H and O–H groups in total. The Hall–Kier alpha value is -3.82. The number of aromatic amines is 1. The van der Waals surface area contributed by atoms with Gasteiger partial charge in [0.15, 0.2) is 5.65 Å². The topological polar surface area (TPSA) is 124 Å². The highest BCUT2D eigenvalue weighted by molar-refractivity contribution is 5.99. The van der Waals surface area contributed by atoms with Crippen LogP contribution in [0, 0.1) is 0 Å². The number of imidazole rings is 1. The molecule has 0 saturated carbocycles. The van der Waals surface area contributed by atoms with Crippen molar-refractivity contribution >= 4 is 28.0 Å². The van der Waals surface area contributed by atoms with Crippen molar-refractivity contribution in [1.29, 1.82) is 0 Å². The van der Waals surface area contributed by atoms with Gasteiger partial charge in [0, 0.05) is 32.6 Å². The summed E-state index contributed by atoms with van der Waals surface area (Å²) in [5.41, 5.74) is 0.804. The molecule has 0 atom stereocenters. The van der Waals surface area contributed by atoms with Crippen molar-refractivity contribution in [3.63, 3.8) is 0 Å². The van der Waals surface area contributed by atoms with E-state index in [9.17, 15) is 14.4 Å². The average Bonchev–Trinajstić information content (AvgIpc) is 3.40. The number of aromatic nitrogens is 4. The quantitative estimate of drug-likeness (QED) is 0.424. The van der Waals surface area contributed by atoms with E-state index in [2.05, 4.69) is 15.3 Å². The first kappa shape index (κ1) is 21.4. The maximum atomic E-state index is 12.7. The number of furan rings is 1. The number of nitrogens with zero attached hydrogens (tertiary/aromatic N) is 3. The second-order valence-electron chi connectivity index (χ2n) is 7.92. The van der Waals surface area contributed by atoms with Gasteiger partial charge < -0.3 is 19.5 Å². The minimum absolute atomic E-state index is 0.0356. The summed E-state index contributed by atoms with van der Waals surface area (Å²) in [6, 6.07) is 5.21. The number of ether oxygens (including phenoxy) is 1. The fraction of sp³-hybridized carbons (Fsp3) is 0.364. The number of fused-ring (bicyclic) bond motifs is 2. The van der Waals surface area contributed by atoms with Crippen LogP contribution in [0.4, 0.5) is 0 Å². The summed E-state index contributed by atoms with van der Waals surface area (Å²) in [7, 11) is 3.00. The Labute approximate surface area is 182 Å². The third-order valence-corrected chi connectivity index (χ3v) is 5.18. The fourth-order valence-electron chi connectivity index (χ4n) is 3.57. The lowest BCUT2D eigenvalue weighted by atomic mass is 10.1. The highest BCUT2D eigenvalue weighted by Crippen LogP contribution is 2.29. The molecule has 10 heteroatoms. The molecular formula is C22H25N5O5. The molecule has 168 valence electrons. The van der Waals surface area contributed by atoms with Gasteiger partial charge in [0.05, 0.1) is 17.8 Å². The summed E-state index contributed by atoms with van der Waals surface area (Å²) in [6.45, 7) is 4.25. The van der Waals surface area contributed by atoms with Gasteiger partial charge in [0.2, 0.25) is 0 Å². The monoisotopic (exact) mass is 439 g/mol. The third-order valence-electron chi connectivity index (χ3n) is 5.18. The van der Waals surface area contributed by atoms with Crippen LogP contribution in [0.5, 0.6) is 5.75 Å². The van der Waals surface area contributed by atoms with E-state index in [0.29, 0.717) is 47.8 Å². The highest BCUT2D eigenvalue weighted by atomic mass is 16.5. The molecule has 0 spiro atoms. The molecule has 0 bridgehead atoms. The van der Waals surface area contributed by atoms with Gasteiger partial charge >= 0.3 is 5.69 Å². The Morgan fingerprint density at radius 3 is 2.78 bits per heavy atom. The number of rotatable bonds is 7. The van der Waals surface area contributed by atoms with Crippen LogP contribution < -0.4 is 21.3 Å². The summed E-state index contributed by atoms with van der Waals surface area (Å²) in [4.78, 5) is 44.3. The summed E-state index contributed by atoms with van der Waals surface area (Å²) >= 11 is 0. The molecule has 32 heavy (non-hydrogen) atoms. The first-order valence-corrected chi connectivity index (χ1v) is 10.4. The normalized spacial score (nSPS) is 11.5. The number of carbonyl (C=O) groups excluding carboxylic acids is 1. The molecule has 10 nitrogen and oxygen atoms in total. The largest absolute Gasteiger partial charge is 0.490 e. The lowest BCUT2D eigenvalue weighted by Gasteiger charge is -2.12. The molecule has 3 heterocycles. The molecule has 4 aromatic rings. The van der Waals surface area contributed by atoms with Crippen LogP contribution in [-0.4, -0.2) is 37.7 Å². The molecule has 3 aromatic heterocycles. The number of hydrogen-bond acceptors (Lipinski definition) is 6. The van der Waals surface area contributed by atoms with Gasteiger partial charge in [-0.2, -0.15) is 0 Å². The summed E-state index contributed by atoms with van der Waals surface area (Å²) < 4.78 is 13.6. The predicted molar refractivity (Wildman–Crippen MR) is 119 cm³/mol. The Morgan fingerprint density at radius 1 is 1.25 bits per heavy atom. The van der Waals surface area contributed by atoms with Crippen LogP contribution in [0.2, 0.25) is 0 Å². The SMILES string of the molecule is CC(C)Oc1cc(C(=O)NCCCc2nc3c([nH]2)c(=O)n(C)c(=O)n3C)cc2occc12. The van der Waals surface area contributed by atoms with Crippen LogP contribution in [0.3, 0.4) is 0 Å². The second kappa shape index (κ2) is 8.37. The smallest absolute Gasteiger partial charge is 0.332 e. The van der Waals surface area contributed by atoms with Crippen molar-refractivity contribution < 1.29 is 13.9 Å². The van der Waals surface area contributed by atoms with Crippen LogP contribution in [-0.2, 0) is 20.5 Å². The van der Waals surface area contributed by atoms with Crippen molar-refractivity contribution in [2.75, 3.05) is 6.54 Å². The van der Waals surface area contributed by atoms with E-state index in [1.165, 1.54) is 11.6 Å². The van der Waals surface area contributed by atoms with Gasteiger partial charge in [-0.3, -0.25) is 18.7 Å². The third kappa shape index (κ3) is 3.91. The van der Waals surface area contributed by atoms with E-state index in [1.54, 1.807) is 25.4 Å². The van der Waals surface area contributed by atoms with Crippen molar-refractivity contribution in [3.05, 3.63) is 56.7 Å². The number of hydrogen-bond donors (Lipinski definition) is 2. The summed E-state index contributed by atoms with van der Waals surface area (Å²) in [5.74, 6) is 0.945. The molecule has 4 rings (SSSR count). The van der Waals surface area contributed by atoms with E-state index >= 15 is 0 Å². The molecular weight excluding hydrogens is 414 g/mol. The summed E-state index contributed by atoms with van der Waals surface area (Å²) in [5, 5.41) is 3.70. The predicted octanol–water partition coefficient (Wildman–Crippen LogP) is 1.86. The molecule has 0 fully saturated rings. The molecule has 0 aliphatic heterocycles. The number of carbonyl (C=O) groups is 1. The first-order valence-electron chi connectivity index (χ1n) is 10.4. The number of aryl methyl sites for hydroxylation is 2. The zero-order valence-corrected chi connectivity index (χ0v) is 18.4. The number of benzene rings is 1. The Morgan fingerprint density at radius 2 is 2.03 bits per heavy atom. The Bertz CT molecular complexity index is 1420. The maximum absolute atomic E-state index is 12.7. The molecule has 0 radical (unpaired) electrons. The second-order valence-corrected chi connectivity index (χ2v) is 7.92. The van der Waals surface area contributed by atoms with Crippen molar-refractivity contribution in [2.45, 2.75) is 32.8 Å². The zero-order valence-electron chi connectivity index (χ0n) is 18.4. The molecule has 0 unspecified atom stereocenters. The number of nitrogens with one attached hydrogen (secondary N) is 2. The van der Waals surface area contributed by atoms with Crippen LogP contribution in [0.15, 0.2) is 38.5 Å².